The Kier molecular flexibility index (Phi) is 13.8. The molecule has 0 radical (unpaired) electrons. The lowest BCUT2D eigenvalue weighted by atomic mass is 10.0. The summed E-state index contributed by atoms with van der Waals surface area (Å²) in [6.07, 6.45) is 1.94. The molecule has 0 aliphatic rings. The molecule has 1 nitrogen and oxygen atoms in total. The number of hydrogen-bond acceptors (Lipinski definition) is 1. The van der Waals surface area contributed by atoms with Crippen molar-refractivity contribution in [1.29, 1.82) is 0 Å². The SMILES string of the molecule is CC.CC.CC.Cc1ccc(-c2cnc(C)c(C)c2)cc1. The van der Waals surface area contributed by atoms with E-state index in [1.54, 1.807) is 0 Å². The average Bonchev–Trinajstić information content (AvgIpc) is 2.56. The first-order valence-corrected chi connectivity index (χ1v) is 8.17. The van der Waals surface area contributed by atoms with Gasteiger partial charge in [-0.05, 0) is 38.0 Å². The van der Waals surface area contributed by atoms with Crippen LogP contribution in [0.3, 0.4) is 0 Å². The first kappa shape index (κ1) is 21.7. The highest BCUT2D eigenvalue weighted by molar-refractivity contribution is 5.63. The second-order valence-electron chi connectivity index (χ2n) is 3.99. The fourth-order valence-corrected chi connectivity index (χ4v) is 1.55. The maximum Gasteiger partial charge on any atom is 0.0402 e. The molecule has 2 rings (SSSR count). The number of aromatic nitrogens is 1. The van der Waals surface area contributed by atoms with E-state index in [1.807, 2.05) is 54.7 Å². The lowest BCUT2D eigenvalue weighted by Gasteiger charge is -2.04. The normalized spacial score (nSPS) is 8.24. The fraction of sp³-hybridized carbons (Fsp3) is 0.450. The van der Waals surface area contributed by atoms with E-state index in [-0.39, 0.29) is 0 Å². The molecule has 1 heteroatoms. The van der Waals surface area contributed by atoms with Gasteiger partial charge in [-0.3, -0.25) is 4.98 Å². The van der Waals surface area contributed by atoms with Crippen LogP contribution in [0.4, 0.5) is 0 Å². The van der Waals surface area contributed by atoms with Gasteiger partial charge in [0.2, 0.25) is 0 Å². The average molecular weight is 287 g/mol. The minimum atomic E-state index is 1.10. The van der Waals surface area contributed by atoms with Gasteiger partial charge in [-0.15, -0.1) is 0 Å². The molecule has 1 heterocycles. The zero-order valence-corrected chi connectivity index (χ0v) is 15.4. The van der Waals surface area contributed by atoms with E-state index in [4.69, 9.17) is 0 Å². The number of pyridine rings is 1. The van der Waals surface area contributed by atoms with Gasteiger partial charge in [0, 0.05) is 17.5 Å². The Balaban J connectivity index is 0. The maximum absolute atomic E-state index is 4.38. The Hall–Kier alpha value is -1.63. The lowest BCUT2D eigenvalue weighted by molar-refractivity contribution is 1.15. The van der Waals surface area contributed by atoms with E-state index in [0.29, 0.717) is 0 Å². The van der Waals surface area contributed by atoms with Crippen LogP contribution in [0.2, 0.25) is 0 Å². The van der Waals surface area contributed by atoms with Crippen molar-refractivity contribution in [2.75, 3.05) is 0 Å². The van der Waals surface area contributed by atoms with E-state index in [2.05, 4.69) is 49.2 Å². The number of benzene rings is 1. The summed E-state index contributed by atoms with van der Waals surface area (Å²) in [4.78, 5) is 4.38. The highest BCUT2D eigenvalue weighted by atomic mass is 14.7. The van der Waals surface area contributed by atoms with Gasteiger partial charge < -0.3 is 0 Å². The summed E-state index contributed by atoms with van der Waals surface area (Å²) < 4.78 is 0. The van der Waals surface area contributed by atoms with Crippen LogP contribution in [0, 0.1) is 20.8 Å². The second kappa shape index (κ2) is 13.4. The van der Waals surface area contributed by atoms with Crippen LogP contribution in [0.5, 0.6) is 0 Å². The first-order valence-electron chi connectivity index (χ1n) is 8.17. The molecular formula is C20H33N. The fourth-order valence-electron chi connectivity index (χ4n) is 1.55. The Morgan fingerprint density at radius 3 is 1.57 bits per heavy atom. The highest BCUT2D eigenvalue weighted by Crippen LogP contribution is 2.20. The van der Waals surface area contributed by atoms with Crippen molar-refractivity contribution in [2.24, 2.45) is 0 Å². The Morgan fingerprint density at radius 1 is 0.667 bits per heavy atom. The molecule has 0 amide bonds. The van der Waals surface area contributed by atoms with Crippen molar-refractivity contribution in [3.05, 3.63) is 53.3 Å². The van der Waals surface area contributed by atoms with Crippen LogP contribution in [0.25, 0.3) is 11.1 Å². The second-order valence-corrected chi connectivity index (χ2v) is 3.99. The maximum atomic E-state index is 4.38. The predicted molar refractivity (Wildman–Crippen MR) is 97.9 cm³/mol. The van der Waals surface area contributed by atoms with E-state index in [1.165, 1.54) is 22.3 Å². The molecular weight excluding hydrogens is 254 g/mol. The van der Waals surface area contributed by atoms with Crippen molar-refractivity contribution in [1.82, 2.24) is 4.98 Å². The quantitative estimate of drug-likeness (QED) is 0.565. The van der Waals surface area contributed by atoms with Gasteiger partial charge in [0.25, 0.3) is 0 Å². The van der Waals surface area contributed by atoms with Gasteiger partial charge in [-0.2, -0.15) is 0 Å². The molecule has 1 aromatic carbocycles. The highest BCUT2D eigenvalue weighted by Gasteiger charge is 2.00. The molecule has 0 atom stereocenters. The molecule has 0 spiro atoms. The standard InChI is InChI=1S/C14H15N.3C2H6/c1-10-4-6-13(7-5-10)14-8-11(2)12(3)15-9-14;3*1-2/h4-9H,1-3H3;3*1-2H3. The molecule has 0 aliphatic heterocycles. The van der Waals surface area contributed by atoms with Crippen LogP contribution in [0.15, 0.2) is 36.5 Å². The smallest absolute Gasteiger partial charge is 0.0402 e. The van der Waals surface area contributed by atoms with Crippen molar-refractivity contribution >= 4 is 0 Å². The van der Waals surface area contributed by atoms with Gasteiger partial charge >= 0.3 is 0 Å². The lowest BCUT2D eigenvalue weighted by Crippen LogP contribution is -1.88. The Bertz CT molecular complexity index is 470. The van der Waals surface area contributed by atoms with Gasteiger partial charge in [0.15, 0.2) is 0 Å². The summed E-state index contributed by atoms with van der Waals surface area (Å²) in [5.74, 6) is 0. The molecule has 1 aromatic heterocycles. The third kappa shape index (κ3) is 7.65. The summed E-state index contributed by atoms with van der Waals surface area (Å²) in [6, 6.07) is 10.7. The molecule has 118 valence electrons. The third-order valence-corrected chi connectivity index (χ3v) is 2.72. The minimum absolute atomic E-state index is 1.10. The Labute approximate surface area is 132 Å². The summed E-state index contributed by atoms with van der Waals surface area (Å²) >= 11 is 0. The van der Waals surface area contributed by atoms with E-state index < -0.39 is 0 Å². The minimum Gasteiger partial charge on any atom is -0.261 e. The first-order chi connectivity index (χ1) is 10.2. The van der Waals surface area contributed by atoms with Crippen LogP contribution in [0.1, 0.15) is 58.4 Å². The van der Waals surface area contributed by atoms with E-state index in [0.717, 1.165) is 5.69 Å². The van der Waals surface area contributed by atoms with Crippen LogP contribution < -0.4 is 0 Å². The third-order valence-electron chi connectivity index (χ3n) is 2.72. The summed E-state index contributed by atoms with van der Waals surface area (Å²) in [5, 5.41) is 0. The van der Waals surface area contributed by atoms with E-state index >= 15 is 0 Å². The molecule has 0 unspecified atom stereocenters. The van der Waals surface area contributed by atoms with Crippen LogP contribution >= 0.6 is 0 Å². The van der Waals surface area contributed by atoms with Gasteiger partial charge in [0.05, 0.1) is 0 Å². The Morgan fingerprint density at radius 2 is 1.14 bits per heavy atom. The number of rotatable bonds is 1. The van der Waals surface area contributed by atoms with Gasteiger partial charge in [0.1, 0.15) is 0 Å². The number of nitrogens with zero attached hydrogens (tertiary/aromatic N) is 1. The molecule has 0 N–H and O–H groups in total. The van der Waals surface area contributed by atoms with Crippen LogP contribution in [-0.2, 0) is 0 Å². The molecule has 0 bridgehead atoms. The van der Waals surface area contributed by atoms with E-state index in [9.17, 15) is 0 Å². The molecule has 21 heavy (non-hydrogen) atoms. The molecule has 0 saturated carbocycles. The molecule has 2 aromatic rings. The van der Waals surface area contributed by atoms with Crippen molar-refractivity contribution < 1.29 is 0 Å². The molecule has 0 saturated heterocycles. The summed E-state index contributed by atoms with van der Waals surface area (Å²) in [6.45, 7) is 18.2. The monoisotopic (exact) mass is 287 g/mol. The van der Waals surface area contributed by atoms with Crippen LogP contribution in [-0.4, -0.2) is 4.98 Å². The molecule has 0 aliphatic carbocycles. The molecule has 0 fully saturated rings. The summed E-state index contributed by atoms with van der Waals surface area (Å²) in [7, 11) is 0. The van der Waals surface area contributed by atoms with Crippen molar-refractivity contribution in [2.45, 2.75) is 62.3 Å². The number of hydrogen-bond donors (Lipinski definition) is 0. The predicted octanol–water partition coefficient (Wildman–Crippen LogP) is 6.75. The zero-order valence-electron chi connectivity index (χ0n) is 15.4. The summed E-state index contributed by atoms with van der Waals surface area (Å²) in [5.41, 5.74) is 6.06. The topological polar surface area (TPSA) is 12.9 Å². The largest absolute Gasteiger partial charge is 0.261 e. The van der Waals surface area contributed by atoms with Crippen molar-refractivity contribution in [3.63, 3.8) is 0 Å². The zero-order chi connectivity index (χ0) is 16.8. The van der Waals surface area contributed by atoms with Gasteiger partial charge in [-0.25, -0.2) is 0 Å². The van der Waals surface area contributed by atoms with Gasteiger partial charge in [-0.1, -0.05) is 71.4 Å². The number of aryl methyl sites for hydroxylation is 3. The van der Waals surface area contributed by atoms with Crippen molar-refractivity contribution in [3.8, 4) is 11.1 Å².